The van der Waals surface area contributed by atoms with E-state index < -0.39 is 0 Å². The number of rotatable bonds is 4. The Balaban J connectivity index is 1.52. The molecular formula is C17H30N6O. The van der Waals surface area contributed by atoms with Gasteiger partial charge in [0.15, 0.2) is 0 Å². The molecule has 0 radical (unpaired) electrons. The zero-order chi connectivity index (χ0) is 17.2. The molecule has 0 saturated carbocycles. The number of amides is 1. The lowest BCUT2D eigenvalue weighted by atomic mass is 9.93. The predicted octanol–water partition coefficient (Wildman–Crippen LogP) is 0.959. The Hall–Kier alpha value is -1.47. The summed E-state index contributed by atoms with van der Waals surface area (Å²) in [6.07, 6.45) is 3.67. The molecule has 0 aliphatic carbocycles. The van der Waals surface area contributed by atoms with Gasteiger partial charge in [-0.15, -0.1) is 0 Å². The molecule has 3 heterocycles. The van der Waals surface area contributed by atoms with Crippen LogP contribution in [0.2, 0.25) is 0 Å². The van der Waals surface area contributed by atoms with Crippen LogP contribution in [-0.4, -0.2) is 81.1 Å². The Bertz CT molecular complexity index is 530. The minimum atomic E-state index is 0.0773. The van der Waals surface area contributed by atoms with Gasteiger partial charge in [-0.1, -0.05) is 20.8 Å². The summed E-state index contributed by atoms with van der Waals surface area (Å²) in [4.78, 5) is 23.9. The fourth-order valence-corrected chi connectivity index (χ4v) is 3.74. The van der Waals surface area contributed by atoms with Gasteiger partial charge in [-0.3, -0.25) is 19.7 Å². The average molecular weight is 334 g/mol. The molecule has 0 spiro atoms. The van der Waals surface area contributed by atoms with E-state index in [0.717, 1.165) is 64.5 Å². The second-order valence-corrected chi connectivity index (χ2v) is 8.22. The topological polar surface area (TPSA) is 68.4 Å². The van der Waals surface area contributed by atoms with Gasteiger partial charge in [0.05, 0.1) is 12.6 Å². The van der Waals surface area contributed by atoms with Crippen molar-refractivity contribution >= 4 is 5.91 Å². The monoisotopic (exact) mass is 334 g/mol. The highest BCUT2D eigenvalue weighted by Gasteiger charge is 2.35. The van der Waals surface area contributed by atoms with Gasteiger partial charge >= 0.3 is 0 Å². The van der Waals surface area contributed by atoms with Crippen molar-refractivity contribution in [1.29, 1.82) is 0 Å². The van der Waals surface area contributed by atoms with Crippen LogP contribution in [0.1, 0.15) is 39.4 Å². The first kappa shape index (κ1) is 17.4. The van der Waals surface area contributed by atoms with E-state index in [1.165, 1.54) is 0 Å². The van der Waals surface area contributed by atoms with Gasteiger partial charge in [0.1, 0.15) is 12.2 Å². The molecule has 2 aliphatic heterocycles. The summed E-state index contributed by atoms with van der Waals surface area (Å²) in [5.41, 5.74) is 0.160. The predicted molar refractivity (Wildman–Crippen MR) is 92.3 cm³/mol. The molecule has 1 amide bonds. The second-order valence-electron chi connectivity index (χ2n) is 8.22. The number of piperazine rings is 1. The van der Waals surface area contributed by atoms with Gasteiger partial charge in [-0.2, -0.15) is 5.10 Å². The average Bonchev–Trinajstić information content (AvgIpc) is 3.02. The number of carbonyl (C=O) groups excluding carboxylic acids is 1. The number of aromatic nitrogens is 3. The van der Waals surface area contributed by atoms with Crippen molar-refractivity contribution in [3.8, 4) is 0 Å². The highest BCUT2D eigenvalue weighted by atomic mass is 16.2. The molecule has 134 valence electrons. The van der Waals surface area contributed by atoms with E-state index in [-0.39, 0.29) is 11.5 Å². The standard InChI is InChI=1S/C17H30N6O/c1-17(2,3)12-23-6-4-5-14(16(23)24)22-9-7-21(8-10-22)11-15-18-13-19-20-15/h13-14H,4-12H2,1-3H3,(H,18,19,20). The van der Waals surface area contributed by atoms with Gasteiger partial charge in [0.2, 0.25) is 5.91 Å². The van der Waals surface area contributed by atoms with E-state index in [2.05, 4.69) is 50.7 Å². The molecule has 7 nitrogen and oxygen atoms in total. The maximum atomic E-state index is 12.9. The summed E-state index contributed by atoms with van der Waals surface area (Å²) in [5, 5.41) is 6.82. The summed E-state index contributed by atoms with van der Waals surface area (Å²) in [7, 11) is 0. The number of carbonyl (C=O) groups is 1. The van der Waals surface area contributed by atoms with Gasteiger partial charge in [0, 0.05) is 39.3 Å². The molecule has 7 heteroatoms. The van der Waals surface area contributed by atoms with Crippen LogP contribution < -0.4 is 0 Å². The molecule has 2 saturated heterocycles. The first-order valence-electron chi connectivity index (χ1n) is 9.02. The van der Waals surface area contributed by atoms with Gasteiger partial charge in [-0.05, 0) is 18.3 Å². The first-order chi connectivity index (χ1) is 11.4. The van der Waals surface area contributed by atoms with Crippen LogP contribution in [0.3, 0.4) is 0 Å². The second kappa shape index (κ2) is 7.19. The molecule has 3 rings (SSSR count). The fraction of sp³-hybridized carbons (Fsp3) is 0.824. The van der Waals surface area contributed by atoms with Crippen LogP contribution >= 0.6 is 0 Å². The van der Waals surface area contributed by atoms with Crippen LogP contribution in [0.5, 0.6) is 0 Å². The number of nitrogens with one attached hydrogen (secondary N) is 1. The quantitative estimate of drug-likeness (QED) is 0.888. The number of hydrogen-bond acceptors (Lipinski definition) is 5. The van der Waals surface area contributed by atoms with Crippen molar-refractivity contribution in [2.45, 2.75) is 46.2 Å². The lowest BCUT2D eigenvalue weighted by Crippen LogP contribution is -2.58. The van der Waals surface area contributed by atoms with Crippen molar-refractivity contribution < 1.29 is 4.79 Å². The van der Waals surface area contributed by atoms with E-state index >= 15 is 0 Å². The molecule has 2 fully saturated rings. The lowest BCUT2D eigenvalue weighted by molar-refractivity contribution is -0.142. The van der Waals surface area contributed by atoms with Gasteiger partial charge in [-0.25, -0.2) is 4.98 Å². The summed E-state index contributed by atoms with van der Waals surface area (Å²) in [5.74, 6) is 1.24. The number of aromatic amines is 1. The Morgan fingerprint density at radius 1 is 1.21 bits per heavy atom. The largest absolute Gasteiger partial charge is 0.341 e. The zero-order valence-corrected chi connectivity index (χ0v) is 15.2. The van der Waals surface area contributed by atoms with E-state index in [1.807, 2.05) is 0 Å². The first-order valence-corrected chi connectivity index (χ1v) is 9.02. The molecule has 1 unspecified atom stereocenters. The minimum absolute atomic E-state index is 0.0773. The summed E-state index contributed by atoms with van der Waals surface area (Å²) in [6.45, 7) is 13.0. The highest BCUT2D eigenvalue weighted by molar-refractivity contribution is 5.82. The number of likely N-dealkylation sites (tertiary alicyclic amines) is 1. The summed E-state index contributed by atoms with van der Waals surface area (Å²) >= 11 is 0. The van der Waals surface area contributed by atoms with Crippen LogP contribution in [0.15, 0.2) is 6.33 Å². The van der Waals surface area contributed by atoms with Crippen LogP contribution in [0, 0.1) is 5.41 Å². The molecule has 0 aromatic carbocycles. The van der Waals surface area contributed by atoms with Crippen LogP contribution in [-0.2, 0) is 11.3 Å². The van der Waals surface area contributed by atoms with Crippen molar-refractivity contribution in [2.24, 2.45) is 5.41 Å². The van der Waals surface area contributed by atoms with Crippen LogP contribution in [0.25, 0.3) is 0 Å². The Kier molecular flexibility index (Phi) is 5.20. The van der Waals surface area contributed by atoms with Crippen LogP contribution in [0.4, 0.5) is 0 Å². The normalized spacial score (nSPS) is 24.5. The zero-order valence-electron chi connectivity index (χ0n) is 15.2. The maximum Gasteiger partial charge on any atom is 0.239 e. The molecule has 0 bridgehead atoms. The molecular weight excluding hydrogens is 304 g/mol. The van der Waals surface area contributed by atoms with E-state index in [1.54, 1.807) is 6.33 Å². The maximum absolute atomic E-state index is 12.9. The molecule has 1 aromatic heterocycles. The van der Waals surface area contributed by atoms with Crippen molar-refractivity contribution in [3.05, 3.63) is 12.2 Å². The third kappa shape index (κ3) is 4.33. The van der Waals surface area contributed by atoms with Crippen molar-refractivity contribution in [3.63, 3.8) is 0 Å². The SMILES string of the molecule is CC(C)(C)CN1CCCC(N2CCN(Cc3ncn[nH]3)CC2)C1=O. The molecule has 1 atom stereocenters. The number of hydrogen-bond donors (Lipinski definition) is 1. The molecule has 2 aliphatic rings. The van der Waals surface area contributed by atoms with Crippen molar-refractivity contribution in [1.82, 2.24) is 29.9 Å². The third-order valence-electron chi connectivity index (χ3n) is 4.85. The Morgan fingerprint density at radius 3 is 2.58 bits per heavy atom. The number of piperidine rings is 1. The van der Waals surface area contributed by atoms with E-state index in [0.29, 0.717) is 5.91 Å². The van der Waals surface area contributed by atoms with Gasteiger partial charge in [0.25, 0.3) is 0 Å². The minimum Gasteiger partial charge on any atom is -0.341 e. The van der Waals surface area contributed by atoms with Crippen molar-refractivity contribution in [2.75, 3.05) is 39.3 Å². The van der Waals surface area contributed by atoms with Gasteiger partial charge < -0.3 is 4.90 Å². The lowest BCUT2D eigenvalue weighted by Gasteiger charge is -2.43. The fourth-order valence-electron chi connectivity index (χ4n) is 3.74. The Morgan fingerprint density at radius 2 is 1.96 bits per heavy atom. The Labute approximate surface area is 144 Å². The van der Waals surface area contributed by atoms with E-state index in [4.69, 9.17) is 0 Å². The smallest absolute Gasteiger partial charge is 0.239 e. The third-order valence-corrected chi connectivity index (χ3v) is 4.85. The number of nitrogens with zero attached hydrogens (tertiary/aromatic N) is 5. The number of H-pyrrole nitrogens is 1. The summed E-state index contributed by atoms with van der Waals surface area (Å²) in [6, 6.07) is 0.0773. The molecule has 24 heavy (non-hydrogen) atoms. The van der Waals surface area contributed by atoms with E-state index in [9.17, 15) is 4.79 Å². The molecule has 1 N–H and O–H groups in total. The summed E-state index contributed by atoms with van der Waals surface area (Å²) < 4.78 is 0. The highest BCUT2D eigenvalue weighted by Crippen LogP contribution is 2.23. The molecule has 1 aromatic rings.